The lowest BCUT2D eigenvalue weighted by Crippen LogP contribution is -2.20. The van der Waals surface area contributed by atoms with E-state index in [1.165, 1.54) is 0 Å². The van der Waals surface area contributed by atoms with Gasteiger partial charge in [-0.05, 0) is 13.0 Å². The van der Waals surface area contributed by atoms with Gasteiger partial charge in [0.2, 0.25) is 0 Å². The summed E-state index contributed by atoms with van der Waals surface area (Å²) in [7, 11) is 0. The highest BCUT2D eigenvalue weighted by Crippen LogP contribution is 1.84. The van der Waals surface area contributed by atoms with Gasteiger partial charge in [0.15, 0.2) is 5.17 Å². The molecule has 60 valence electrons. The molecular weight excluding hydrogens is 152 g/mol. The number of halogens is 1. The van der Waals surface area contributed by atoms with E-state index >= 15 is 0 Å². The van der Waals surface area contributed by atoms with E-state index < -0.39 is 0 Å². The largest absolute Gasteiger partial charge is 0.410 e. The first-order chi connectivity index (χ1) is 4.81. The van der Waals surface area contributed by atoms with E-state index in [1.54, 1.807) is 0 Å². The zero-order valence-corrected chi connectivity index (χ0v) is 6.86. The van der Waals surface area contributed by atoms with Crippen LogP contribution in [0.1, 0.15) is 19.8 Å². The Balaban J connectivity index is 3.04. The fourth-order valence-electron chi connectivity index (χ4n) is 0.529. The van der Waals surface area contributed by atoms with Crippen LogP contribution in [-0.2, 0) is 0 Å². The molecule has 0 aromatic carbocycles. The van der Waals surface area contributed by atoms with E-state index in [0.717, 1.165) is 19.4 Å². The van der Waals surface area contributed by atoms with Crippen molar-refractivity contribution in [3.63, 3.8) is 0 Å². The molecule has 0 rings (SSSR count). The molecule has 0 aromatic rings. The minimum Gasteiger partial charge on any atom is -0.410 e. The molecule has 0 saturated heterocycles. The van der Waals surface area contributed by atoms with Gasteiger partial charge in [-0.2, -0.15) is 0 Å². The van der Waals surface area contributed by atoms with Crippen molar-refractivity contribution in [3.05, 3.63) is 0 Å². The summed E-state index contributed by atoms with van der Waals surface area (Å²) in [4.78, 5) is 0. The smallest absolute Gasteiger partial charge is 0.159 e. The Morgan fingerprint density at radius 1 is 1.70 bits per heavy atom. The summed E-state index contributed by atoms with van der Waals surface area (Å²) < 4.78 is 0. The Morgan fingerprint density at radius 2 is 2.40 bits per heavy atom. The lowest BCUT2D eigenvalue weighted by Gasteiger charge is -1.98. The van der Waals surface area contributed by atoms with Crippen molar-refractivity contribution in [2.75, 3.05) is 13.1 Å². The number of oxime groups is 1. The fraction of sp³-hybridized carbons (Fsp3) is 0.833. The minimum absolute atomic E-state index is 0.205. The van der Waals surface area contributed by atoms with Gasteiger partial charge < -0.3 is 10.5 Å². The van der Waals surface area contributed by atoms with Gasteiger partial charge in [-0.15, -0.1) is 0 Å². The molecular formula is C6H13ClN2O. The topological polar surface area (TPSA) is 44.6 Å². The molecule has 0 atom stereocenters. The molecule has 0 bridgehead atoms. The van der Waals surface area contributed by atoms with Crippen LogP contribution in [0.4, 0.5) is 0 Å². The molecule has 0 aliphatic rings. The lowest BCUT2D eigenvalue weighted by atomic mass is 10.3. The van der Waals surface area contributed by atoms with Crippen LogP contribution < -0.4 is 5.32 Å². The maximum atomic E-state index is 8.11. The summed E-state index contributed by atoms with van der Waals surface area (Å²) in [6.45, 7) is 3.49. The fourth-order valence-corrected chi connectivity index (χ4v) is 0.623. The van der Waals surface area contributed by atoms with E-state index in [1.807, 2.05) is 0 Å². The Hall–Kier alpha value is -0.280. The van der Waals surface area contributed by atoms with Crippen molar-refractivity contribution in [1.82, 2.24) is 5.32 Å². The maximum Gasteiger partial charge on any atom is 0.159 e. The second kappa shape index (κ2) is 6.83. The number of unbranched alkanes of at least 4 members (excludes halogenated alkanes) is 1. The first-order valence-corrected chi connectivity index (χ1v) is 3.76. The average Bonchev–Trinajstić information content (AvgIpc) is 1.98. The summed E-state index contributed by atoms with van der Waals surface area (Å²) in [6.07, 6.45) is 2.27. The van der Waals surface area contributed by atoms with Gasteiger partial charge in [0.25, 0.3) is 0 Å². The lowest BCUT2D eigenvalue weighted by molar-refractivity contribution is 0.319. The zero-order valence-electron chi connectivity index (χ0n) is 6.10. The van der Waals surface area contributed by atoms with Crippen molar-refractivity contribution in [2.45, 2.75) is 19.8 Å². The molecule has 0 heterocycles. The first-order valence-electron chi connectivity index (χ1n) is 3.38. The number of hydrogen-bond donors (Lipinski definition) is 2. The van der Waals surface area contributed by atoms with E-state index in [-0.39, 0.29) is 5.17 Å². The molecule has 0 aliphatic carbocycles. The van der Waals surface area contributed by atoms with Crippen LogP contribution in [-0.4, -0.2) is 23.5 Å². The Labute approximate surface area is 66.1 Å². The third-order valence-electron chi connectivity index (χ3n) is 1.09. The second-order valence-electron chi connectivity index (χ2n) is 2.01. The standard InChI is InChI=1S/C6H13ClN2O/c1-2-3-4-8-5-6(7)9-10/h8,10H,2-5H2,1H3. The molecule has 2 N–H and O–H groups in total. The van der Waals surface area contributed by atoms with Crippen LogP contribution in [0.5, 0.6) is 0 Å². The summed E-state index contributed by atoms with van der Waals surface area (Å²) in [5.41, 5.74) is 0. The van der Waals surface area contributed by atoms with Gasteiger partial charge in [-0.25, -0.2) is 0 Å². The second-order valence-corrected chi connectivity index (χ2v) is 2.44. The van der Waals surface area contributed by atoms with Crippen LogP contribution in [0.2, 0.25) is 0 Å². The normalized spacial score (nSPS) is 12.0. The van der Waals surface area contributed by atoms with E-state index in [4.69, 9.17) is 16.8 Å². The molecule has 0 aliphatic heterocycles. The van der Waals surface area contributed by atoms with Crippen LogP contribution in [0.25, 0.3) is 0 Å². The van der Waals surface area contributed by atoms with Crippen LogP contribution in [0, 0.1) is 0 Å². The molecule has 0 spiro atoms. The number of rotatable bonds is 5. The third-order valence-corrected chi connectivity index (χ3v) is 1.30. The predicted molar refractivity (Wildman–Crippen MR) is 42.9 cm³/mol. The highest BCUT2D eigenvalue weighted by atomic mass is 35.5. The van der Waals surface area contributed by atoms with E-state index in [9.17, 15) is 0 Å². The number of hydrogen-bond acceptors (Lipinski definition) is 3. The first kappa shape index (κ1) is 9.72. The zero-order chi connectivity index (χ0) is 7.82. The molecule has 0 fully saturated rings. The predicted octanol–water partition coefficient (Wildman–Crippen LogP) is 1.40. The summed E-state index contributed by atoms with van der Waals surface area (Å²) in [5, 5.41) is 14.1. The molecule has 0 amide bonds. The van der Waals surface area contributed by atoms with Gasteiger partial charge in [-0.3, -0.25) is 0 Å². The van der Waals surface area contributed by atoms with Crippen LogP contribution >= 0.6 is 11.6 Å². The molecule has 0 saturated carbocycles. The van der Waals surface area contributed by atoms with Gasteiger partial charge in [0.1, 0.15) is 0 Å². The van der Waals surface area contributed by atoms with Gasteiger partial charge in [0, 0.05) is 0 Å². The Bertz CT molecular complexity index is 106. The molecule has 3 nitrogen and oxygen atoms in total. The SMILES string of the molecule is CCCCNCC(Cl)=NO. The van der Waals surface area contributed by atoms with Crippen LogP contribution in [0.3, 0.4) is 0 Å². The molecule has 10 heavy (non-hydrogen) atoms. The van der Waals surface area contributed by atoms with E-state index in [2.05, 4.69) is 17.4 Å². The van der Waals surface area contributed by atoms with Crippen molar-refractivity contribution in [1.29, 1.82) is 0 Å². The van der Waals surface area contributed by atoms with Crippen molar-refractivity contribution < 1.29 is 5.21 Å². The quantitative estimate of drug-likeness (QED) is 0.279. The monoisotopic (exact) mass is 164 g/mol. The summed E-state index contributed by atoms with van der Waals surface area (Å²) in [6, 6.07) is 0. The van der Waals surface area contributed by atoms with Crippen molar-refractivity contribution >= 4 is 16.8 Å². The molecule has 4 heteroatoms. The Kier molecular flexibility index (Phi) is 6.64. The minimum atomic E-state index is 0.205. The number of nitrogens with zero attached hydrogens (tertiary/aromatic N) is 1. The van der Waals surface area contributed by atoms with Crippen molar-refractivity contribution in [2.24, 2.45) is 5.16 Å². The molecule has 0 unspecified atom stereocenters. The van der Waals surface area contributed by atoms with Gasteiger partial charge >= 0.3 is 0 Å². The van der Waals surface area contributed by atoms with E-state index in [0.29, 0.717) is 6.54 Å². The molecule has 0 radical (unpaired) electrons. The van der Waals surface area contributed by atoms with Crippen molar-refractivity contribution in [3.8, 4) is 0 Å². The third kappa shape index (κ3) is 5.85. The summed E-state index contributed by atoms with van der Waals surface area (Å²) in [5.74, 6) is 0. The highest BCUT2D eigenvalue weighted by molar-refractivity contribution is 6.65. The highest BCUT2D eigenvalue weighted by Gasteiger charge is 1.91. The number of nitrogens with one attached hydrogen (secondary N) is 1. The van der Waals surface area contributed by atoms with Gasteiger partial charge in [-0.1, -0.05) is 30.1 Å². The average molecular weight is 165 g/mol. The van der Waals surface area contributed by atoms with Crippen LogP contribution in [0.15, 0.2) is 5.16 Å². The molecule has 0 aromatic heterocycles. The van der Waals surface area contributed by atoms with Gasteiger partial charge in [0.05, 0.1) is 6.54 Å². The summed E-state index contributed by atoms with van der Waals surface area (Å²) >= 11 is 5.38. The Morgan fingerprint density at radius 3 is 2.90 bits per heavy atom. The maximum absolute atomic E-state index is 8.11.